The molecule has 1 aliphatic rings. The van der Waals surface area contributed by atoms with E-state index in [1.54, 1.807) is 0 Å². The Kier molecular flexibility index (Phi) is 6.95. The predicted octanol–water partition coefficient (Wildman–Crippen LogP) is 3.03. The van der Waals surface area contributed by atoms with Gasteiger partial charge in [-0.2, -0.15) is 0 Å². The lowest BCUT2D eigenvalue weighted by Gasteiger charge is -2.30. The molecule has 1 unspecified atom stereocenters. The van der Waals surface area contributed by atoms with Crippen molar-refractivity contribution in [3.63, 3.8) is 0 Å². The van der Waals surface area contributed by atoms with Crippen LogP contribution in [0.1, 0.15) is 12.5 Å². The molecule has 0 aliphatic carbocycles. The number of hydrogen-bond donors (Lipinski definition) is 1. The third-order valence-electron chi connectivity index (χ3n) is 3.40. The number of nitrogens with zero attached hydrogens (tertiary/aromatic N) is 1. The molecule has 0 radical (unpaired) electrons. The number of nitrogens with one attached hydrogen (secondary N) is 1. The topological polar surface area (TPSA) is 33.7 Å². The molecule has 1 heterocycles. The second-order valence-corrected chi connectivity index (χ2v) is 6.96. The second kappa shape index (κ2) is 8.48. The summed E-state index contributed by atoms with van der Waals surface area (Å²) in [6.45, 7) is 7.07. The van der Waals surface area contributed by atoms with Crippen LogP contribution in [0.3, 0.4) is 0 Å². The average molecular weight is 422 g/mol. The number of rotatable bonds is 6. The van der Waals surface area contributed by atoms with Crippen molar-refractivity contribution in [3.8, 4) is 5.75 Å². The van der Waals surface area contributed by atoms with E-state index in [-0.39, 0.29) is 6.10 Å². The van der Waals surface area contributed by atoms with E-state index in [1.165, 1.54) is 0 Å². The number of ether oxygens (including phenoxy) is 2. The summed E-state index contributed by atoms with van der Waals surface area (Å²) in [5.41, 5.74) is 1.14. The van der Waals surface area contributed by atoms with Crippen LogP contribution in [0, 0.1) is 0 Å². The SMILES string of the molecule is CCOc1c(Br)cc(Br)cc1CNCC1CN(C)CCO1. The van der Waals surface area contributed by atoms with Crippen LogP contribution in [0.4, 0.5) is 0 Å². The molecular formula is C15H22Br2N2O2. The molecule has 1 aliphatic heterocycles. The first-order valence-corrected chi connectivity index (χ1v) is 8.80. The Morgan fingerprint density at radius 1 is 1.43 bits per heavy atom. The fraction of sp³-hybridized carbons (Fsp3) is 0.600. The van der Waals surface area contributed by atoms with E-state index in [0.717, 1.165) is 53.0 Å². The Morgan fingerprint density at radius 2 is 2.24 bits per heavy atom. The van der Waals surface area contributed by atoms with Gasteiger partial charge in [-0.3, -0.25) is 0 Å². The van der Waals surface area contributed by atoms with E-state index < -0.39 is 0 Å². The molecule has 0 bridgehead atoms. The van der Waals surface area contributed by atoms with Crippen molar-refractivity contribution in [2.45, 2.75) is 19.6 Å². The van der Waals surface area contributed by atoms with Gasteiger partial charge in [0.15, 0.2) is 0 Å². The van der Waals surface area contributed by atoms with Crippen LogP contribution in [-0.4, -0.2) is 50.9 Å². The first-order chi connectivity index (χ1) is 10.1. The van der Waals surface area contributed by atoms with Crippen molar-refractivity contribution in [2.24, 2.45) is 0 Å². The summed E-state index contributed by atoms with van der Waals surface area (Å²) in [6, 6.07) is 4.10. The average Bonchev–Trinajstić information content (AvgIpc) is 2.42. The molecule has 1 aromatic carbocycles. The second-order valence-electron chi connectivity index (χ2n) is 5.19. The van der Waals surface area contributed by atoms with E-state index in [9.17, 15) is 0 Å². The van der Waals surface area contributed by atoms with Gasteiger partial charge in [-0.05, 0) is 42.0 Å². The molecule has 6 heteroatoms. The number of halogens is 2. The van der Waals surface area contributed by atoms with Crippen molar-refractivity contribution in [1.82, 2.24) is 10.2 Å². The number of morpholine rings is 1. The maximum atomic E-state index is 5.76. The van der Waals surface area contributed by atoms with Crippen molar-refractivity contribution >= 4 is 31.9 Å². The first kappa shape index (κ1) is 17.2. The fourth-order valence-corrected chi connectivity index (χ4v) is 3.84. The van der Waals surface area contributed by atoms with Crippen molar-refractivity contribution in [3.05, 3.63) is 26.6 Å². The molecule has 0 saturated carbocycles. The summed E-state index contributed by atoms with van der Waals surface area (Å²) >= 11 is 7.09. The van der Waals surface area contributed by atoms with Crippen LogP contribution in [0.2, 0.25) is 0 Å². The third-order valence-corrected chi connectivity index (χ3v) is 4.45. The summed E-state index contributed by atoms with van der Waals surface area (Å²) in [6.07, 6.45) is 0.259. The summed E-state index contributed by atoms with van der Waals surface area (Å²) < 4.78 is 13.5. The van der Waals surface area contributed by atoms with Crippen LogP contribution >= 0.6 is 31.9 Å². The zero-order chi connectivity index (χ0) is 15.2. The highest BCUT2D eigenvalue weighted by Crippen LogP contribution is 2.32. The van der Waals surface area contributed by atoms with Gasteiger partial charge in [-0.15, -0.1) is 0 Å². The monoisotopic (exact) mass is 420 g/mol. The van der Waals surface area contributed by atoms with Gasteiger partial charge in [0.2, 0.25) is 0 Å². The zero-order valence-corrected chi connectivity index (χ0v) is 15.7. The summed E-state index contributed by atoms with van der Waals surface area (Å²) in [5, 5.41) is 3.47. The minimum absolute atomic E-state index is 0.259. The van der Waals surface area contributed by atoms with Gasteiger partial charge in [0.05, 0.1) is 23.8 Å². The fourth-order valence-electron chi connectivity index (χ4n) is 2.41. The molecule has 0 aromatic heterocycles. The molecule has 0 amide bonds. The Bertz CT molecular complexity index is 471. The minimum atomic E-state index is 0.259. The van der Waals surface area contributed by atoms with Gasteiger partial charge in [0.1, 0.15) is 5.75 Å². The molecule has 0 spiro atoms. The zero-order valence-electron chi connectivity index (χ0n) is 12.5. The Morgan fingerprint density at radius 3 is 2.95 bits per heavy atom. The molecular weight excluding hydrogens is 400 g/mol. The van der Waals surface area contributed by atoms with Gasteiger partial charge < -0.3 is 19.7 Å². The smallest absolute Gasteiger partial charge is 0.138 e. The maximum absolute atomic E-state index is 5.76. The maximum Gasteiger partial charge on any atom is 0.138 e. The molecule has 1 atom stereocenters. The Balaban J connectivity index is 1.92. The molecule has 1 saturated heterocycles. The normalized spacial score (nSPS) is 19.7. The van der Waals surface area contributed by atoms with Crippen LogP contribution in [0.5, 0.6) is 5.75 Å². The lowest BCUT2D eigenvalue weighted by Crippen LogP contribution is -2.44. The quantitative estimate of drug-likeness (QED) is 0.765. The van der Waals surface area contributed by atoms with Gasteiger partial charge >= 0.3 is 0 Å². The van der Waals surface area contributed by atoms with Crippen molar-refractivity contribution < 1.29 is 9.47 Å². The van der Waals surface area contributed by atoms with Gasteiger partial charge in [0, 0.05) is 36.2 Å². The van der Waals surface area contributed by atoms with E-state index in [1.807, 2.05) is 13.0 Å². The molecule has 1 aromatic rings. The summed E-state index contributed by atoms with van der Waals surface area (Å²) in [4.78, 5) is 2.30. The highest BCUT2D eigenvalue weighted by atomic mass is 79.9. The number of benzene rings is 1. The van der Waals surface area contributed by atoms with E-state index in [4.69, 9.17) is 9.47 Å². The number of hydrogen-bond acceptors (Lipinski definition) is 4. The van der Waals surface area contributed by atoms with Crippen molar-refractivity contribution in [1.29, 1.82) is 0 Å². The van der Waals surface area contributed by atoms with Crippen molar-refractivity contribution in [2.75, 3.05) is 39.9 Å². The molecule has 4 nitrogen and oxygen atoms in total. The minimum Gasteiger partial charge on any atom is -0.492 e. The molecule has 2 rings (SSSR count). The van der Waals surface area contributed by atoms with Crippen LogP contribution in [-0.2, 0) is 11.3 Å². The van der Waals surface area contributed by atoms with E-state index in [2.05, 4.69) is 55.2 Å². The standard InChI is InChI=1S/C15H22Br2N2O2/c1-3-20-15-11(6-12(16)7-14(15)17)8-18-9-13-10-19(2)4-5-21-13/h6-7,13,18H,3-5,8-10H2,1-2H3. The van der Waals surface area contributed by atoms with Crippen LogP contribution in [0.25, 0.3) is 0 Å². The highest BCUT2D eigenvalue weighted by Gasteiger charge is 2.17. The van der Waals surface area contributed by atoms with E-state index in [0.29, 0.717) is 6.61 Å². The van der Waals surface area contributed by atoms with Crippen LogP contribution in [0.15, 0.2) is 21.1 Å². The highest BCUT2D eigenvalue weighted by molar-refractivity contribution is 9.11. The molecule has 118 valence electrons. The molecule has 1 N–H and O–H groups in total. The first-order valence-electron chi connectivity index (χ1n) is 7.21. The largest absolute Gasteiger partial charge is 0.492 e. The molecule has 1 fully saturated rings. The summed E-state index contributed by atoms with van der Waals surface area (Å²) in [5.74, 6) is 0.912. The summed E-state index contributed by atoms with van der Waals surface area (Å²) in [7, 11) is 2.13. The number of likely N-dealkylation sites (N-methyl/N-ethyl adjacent to an activating group) is 1. The Hall–Kier alpha value is -0.140. The van der Waals surface area contributed by atoms with E-state index >= 15 is 0 Å². The lowest BCUT2D eigenvalue weighted by atomic mass is 10.2. The van der Waals surface area contributed by atoms with Crippen LogP contribution < -0.4 is 10.1 Å². The van der Waals surface area contributed by atoms with Gasteiger partial charge in [-0.1, -0.05) is 15.9 Å². The third kappa shape index (κ3) is 5.21. The Labute approximate surface area is 143 Å². The van der Waals surface area contributed by atoms with Gasteiger partial charge in [-0.25, -0.2) is 0 Å². The molecule has 21 heavy (non-hydrogen) atoms. The lowest BCUT2D eigenvalue weighted by molar-refractivity contribution is -0.0182. The predicted molar refractivity (Wildman–Crippen MR) is 92.0 cm³/mol. The van der Waals surface area contributed by atoms with Gasteiger partial charge in [0.25, 0.3) is 0 Å².